The van der Waals surface area contributed by atoms with Crippen molar-refractivity contribution in [2.75, 3.05) is 24.3 Å². The van der Waals surface area contributed by atoms with E-state index in [1.807, 2.05) is 0 Å². The van der Waals surface area contributed by atoms with Gasteiger partial charge in [-0.05, 0) is 30.7 Å². The van der Waals surface area contributed by atoms with Gasteiger partial charge in [0.15, 0.2) is 0 Å². The Morgan fingerprint density at radius 1 is 1.20 bits per heavy atom. The van der Waals surface area contributed by atoms with E-state index in [2.05, 4.69) is 5.32 Å². The van der Waals surface area contributed by atoms with E-state index in [9.17, 15) is 18.0 Å². The molecule has 0 atom stereocenters. The van der Waals surface area contributed by atoms with Crippen LogP contribution in [-0.4, -0.2) is 25.3 Å². The summed E-state index contributed by atoms with van der Waals surface area (Å²) in [5.41, 5.74) is 6.73. The van der Waals surface area contributed by atoms with E-state index in [0.717, 1.165) is 0 Å². The van der Waals surface area contributed by atoms with Gasteiger partial charge in [0.1, 0.15) is 0 Å². The quantitative estimate of drug-likeness (QED) is 0.599. The molecule has 0 unspecified atom stereocenters. The highest BCUT2D eigenvalue weighted by molar-refractivity contribution is 5.90. The summed E-state index contributed by atoms with van der Waals surface area (Å²) in [5, 5.41) is 2.65. The van der Waals surface area contributed by atoms with Crippen molar-refractivity contribution >= 4 is 17.3 Å². The molecule has 4 nitrogen and oxygen atoms in total. The van der Waals surface area contributed by atoms with E-state index in [-0.39, 0.29) is 25.5 Å². The second kappa shape index (κ2) is 7.74. The van der Waals surface area contributed by atoms with E-state index >= 15 is 0 Å². The van der Waals surface area contributed by atoms with Gasteiger partial charge >= 0.3 is 6.18 Å². The fraction of sp³-hybridized carbons (Fsp3) is 0.462. The molecule has 0 fully saturated rings. The summed E-state index contributed by atoms with van der Waals surface area (Å²) in [6, 6.07) is 6.67. The summed E-state index contributed by atoms with van der Waals surface area (Å²) in [5.74, 6) is -0.214. The van der Waals surface area contributed by atoms with E-state index in [1.165, 1.54) is 0 Å². The zero-order valence-corrected chi connectivity index (χ0v) is 10.9. The first-order chi connectivity index (χ1) is 9.37. The van der Waals surface area contributed by atoms with Crippen molar-refractivity contribution in [3.05, 3.63) is 24.3 Å². The van der Waals surface area contributed by atoms with E-state index in [0.29, 0.717) is 17.8 Å². The molecule has 0 saturated heterocycles. The lowest BCUT2D eigenvalue weighted by Crippen LogP contribution is -2.14. The van der Waals surface area contributed by atoms with Crippen LogP contribution in [0.3, 0.4) is 0 Å². The average molecular weight is 290 g/mol. The van der Waals surface area contributed by atoms with Crippen LogP contribution in [0.2, 0.25) is 0 Å². The number of nitrogens with one attached hydrogen (secondary N) is 1. The monoisotopic (exact) mass is 290 g/mol. The van der Waals surface area contributed by atoms with Gasteiger partial charge in [-0.1, -0.05) is 0 Å². The summed E-state index contributed by atoms with van der Waals surface area (Å²) in [6.45, 7) is -0.242. The molecule has 1 aromatic rings. The first-order valence-electron chi connectivity index (χ1n) is 6.17. The molecule has 3 N–H and O–H groups in total. The van der Waals surface area contributed by atoms with Gasteiger partial charge < -0.3 is 15.8 Å². The average Bonchev–Trinajstić information content (AvgIpc) is 2.35. The highest BCUT2D eigenvalue weighted by atomic mass is 19.4. The van der Waals surface area contributed by atoms with Crippen LogP contribution in [0.4, 0.5) is 24.5 Å². The molecular weight excluding hydrogens is 273 g/mol. The predicted octanol–water partition coefficient (Wildman–Crippen LogP) is 2.96. The van der Waals surface area contributed by atoms with Crippen molar-refractivity contribution in [3.8, 4) is 0 Å². The zero-order chi connectivity index (χ0) is 15.0. The van der Waals surface area contributed by atoms with Crippen molar-refractivity contribution in [2.45, 2.75) is 25.4 Å². The largest absolute Gasteiger partial charge is 0.399 e. The minimum Gasteiger partial charge on any atom is -0.399 e. The lowest BCUT2D eigenvalue weighted by atomic mass is 10.2. The highest BCUT2D eigenvalue weighted by Crippen LogP contribution is 2.19. The smallest absolute Gasteiger partial charge is 0.391 e. The Kier molecular flexibility index (Phi) is 6.30. The van der Waals surface area contributed by atoms with Crippen molar-refractivity contribution in [1.29, 1.82) is 0 Å². The van der Waals surface area contributed by atoms with Gasteiger partial charge in [-0.2, -0.15) is 13.2 Å². The van der Waals surface area contributed by atoms with Crippen LogP contribution in [0.5, 0.6) is 0 Å². The van der Waals surface area contributed by atoms with Gasteiger partial charge in [0.2, 0.25) is 5.91 Å². The van der Waals surface area contributed by atoms with Crippen LogP contribution >= 0.6 is 0 Å². The predicted molar refractivity (Wildman–Crippen MR) is 70.2 cm³/mol. The molecule has 0 bridgehead atoms. The highest BCUT2D eigenvalue weighted by Gasteiger charge is 2.26. The molecule has 112 valence electrons. The number of benzene rings is 1. The number of ether oxygens (including phenoxy) is 1. The van der Waals surface area contributed by atoms with Crippen LogP contribution < -0.4 is 11.1 Å². The second-order valence-corrected chi connectivity index (χ2v) is 4.25. The molecule has 7 heteroatoms. The lowest BCUT2D eigenvalue weighted by Gasteiger charge is -2.08. The Hall–Kier alpha value is -1.76. The van der Waals surface area contributed by atoms with Gasteiger partial charge in [-0.3, -0.25) is 4.79 Å². The van der Waals surface area contributed by atoms with Crippen molar-refractivity contribution < 1.29 is 22.7 Å². The number of rotatable bonds is 7. The molecule has 0 aromatic heterocycles. The van der Waals surface area contributed by atoms with Gasteiger partial charge in [0.05, 0.1) is 13.0 Å². The Balaban J connectivity index is 2.10. The summed E-state index contributed by atoms with van der Waals surface area (Å²) < 4.78 is 40.2. The zero-order valence-electron chi connectivity index (χ0n) is 10.9. The topological polar surface area (TPSA) is 64.3 Å². The van der Waals surface area contributed by atoms with Gasteiger partial charge in [-0.15, -0.1) is 0 Å². The fourth-order valence-corrected chi connectivity index (χ4v) is 1.41. The van der Waals surface area contributed by atoms with E-state index in [4.69, 9.17) is 10.5 Å². The fourth-order valence-electron chi connectivity index (χ4n) is 1.41. The maximum atomic E-state index is 11.8. The van der Waals surface area contributed by atoms with Crippen LogP contribution in [0.1, 0.15) is 19.3 Å². The summed E-state index contributed by atoms with van der Waals surface area (Å²) in [7, 11) is 0. The minimum atomic E-state index is -4.20. The van der Waals surface area contributed by atoms with E-state index in [1.54, 1.807) is 24.3 Å². The molecule has 0 saturated carbocycles. The number of hydrogen-bond acceptors (Lipinski definition) is 3. The molecule has 1 rings (SSSR count). The van der Waals surface area contributed by atoms with Gasteiger partial charge in [-0.25, -0.2) is 0 Å². The Bertz CT molecular complexity index is 419. The lowest BCUT2D eigenvalue weighted by molar-refractivity contribution is -0.145. The summed E-state index contributed by atoms with van der Waals surface area (Å²) >= 11 is 0. The van der Waals surface area contributed by atoms with Crippen molar-refractivity contribution in [2.24, 2.45) is 0 Å². The normalized spacial score (nSPS) is 11.3. The number of nitrogen functional groups attached to an aromatic ring is 1. The minimum absolute atomic E-state index is 0.130. The molecule has 1 amide bonds. The SMILES string of the molecule is Nc1ccc(NC(=O)CCCOCCC(F)(F)F)cc1. The van der Waals surface area contributed by atoms with Gasteiger partial charge in [0.25, 0.3) is 0 Å². The molecule has 20 heavy (non-hydrogen) atoms. The van der Waals surface area contributed by atoms with Crippen LogP contribution in [0, 0.1) is 0 Å². The Morgan fingerprint density at radius 2 is 1.85 bits per heavy atom. The number of hydrogen-bond donors (Lipinski definition) is 2. The number of halogens is 3. The molecule has 0 radical (unpaired) electrons. The van der Waals surface area contributed by atoms with Crippen LogP contribution in [0.25, 0.3) is 0 Å². The molecule has 0 spiro atoms. The van der Waals surface area contributed by atoms with Crippen LogP contribution in [-0.2, 0) is 9.53 Å². The number of anilines is 2. The third-order valence-electron chi connectivity index (χ3n) is 2.42. The summed E-state index contributed by atoms with van der Waals surface area (Å²) in [6.07, 6.45) is -4.60. The number of carbonyl (C=O) groups is 1. The number of carbonyl (C=O) groups excluding carboxylic acids is 1. The third-order valence-corrected chi connectivity index (χ3v) is 2.42. The maximum Gasteiger partial charge on any atom is 0.391 e. The molecule has 0 aliphatic heterocycles. The van der Waals surface area contributed by atoms with Crippen LogP contribution in [0.15, 0.2) is 24.3 Å². The molecule has 0 aliphatic rings. The summed E-state index contributed by atoms with van der Waals surface area (Å²) in [4.78, 5) is 11.5. The second-order valence-electron chi connectivity index (χ2n) is 4.25. The van der Waals surface area contributed by atoms with E-state index < -0.39 is 12.6 Å². The number of nitrogens with two attached hydrogens (primary N) is 1. The number of alkyl halides is 3. The first-order valence-corrected chi connectivity index (χ1v) is 6.17. The third kappa shape index (κ3) is 7.63. The number of amides is 1. The molecule has 0 aliphatic carbocycles. The first kappa shape index (κ1) is 16.3. The van der Waals surface area contributed by atoms with Gasteiger partial charge in [0, 0.05) is 24.4 Å². The molecule has 1 aromatic carbocycles. The van der Waals surface area contributed by atoms with Crippen molar-refractivity contribution in [3.63, 3.8) is 0 Å². The molecular formula is C13H17F3N2O2. The maximum absolute atomic E-state index is 11.8. The Labute approximate surface area is 115 Å². The Morgan fingerprint density at radius 3 is 2.45 bits per heavy atom. The van der Waals surface area contributed by atoms with Crippen molar-refractivity contribution in [1.82, 2.24) is 0 Å². The molecule has 0 heterocycles. The standard InChI is InChI=1S/C13H17F3N2O2/c14-13(15,16)7-9-20-8-1-2-12(19)18-11-5-3-10(17)4-6-11/h3-6H,1-2,7-9,17H2,(H,18,19).